The molecule has 0 aliphatic carbocycles. The lowest BCUT2D eigenvalue weighted by Crippen LogP contribution is -2.53. The molecule has 0 spiro atoms. The van der Waals surface area contributed by atoms with E-state index < -0.39 is 36.2 Å². The van der Waals surface area contributed by atoms with Crippen LogP contribution in [0.4, 0.5) is 5.69 Å². The Morgan fingerprint density at radius 1 is 0.971 bits per heavy atom. The molecule has 0 radical (unpaired) electrons. The molecule has 0 unspecified atom stereocenters. The van der Waals surface area contributed by atoms with Gasteiger partial charge in [0.15, 0.2) is 0 Å². The van der Waals surface area contributed by atoms with Crippen molar-refractivity contribution in [1.82, 2.24) is 20.5 Å². The van der Waals surface area contributed by atoms with E-state index in [0.717, 1.165) is 82.6 Å². The van der Waals surface area contributed by atoms with Gasteiger partial charge in [0.2, 0.25) is 29.5 Å². The number of amides is 5. The second kappa shape index (κ2) is 22.6. The number of hydrogen-bond acceptors (Lipinski definition) is 10. The summed E-state index contributed by atoms with van der Waals surface area (Å²) in [6.45, 7) is 11.0. The molecule has 1 fully saturated rings. The number of likely N-dealkylation sites (tertiary alicyclic amines) is 1. The van der Waals surface area contributed by atoms with Crippen LogP contribution in [0, 0.1) is 12.3 Å². The topological polar surface area (TPSA) is 193 Å². The molecule has 1 saturated heterocycles. The van der Waals surface area contributed by atoms with Crippen molar-refractivity contribution in [3.63, 3.8) is 0 Å². The van der Waals surface area contributed by atoms with E-state index in [1.807, 2.05) is 76.5 Å². The molecule has 3 aliphatic heterocycles. The van der Waals surface area contributed by atoms with Gasteiger partial charge >= 0.3 is 0 Å². The van der Waals surface area contributed by atoms with Crippen LogP contribution >= 0.6 is 11.3 Å². The Labute approximate surface area is 404 Å². The number of aliphatic hydroxyl groups excluding tert-OH is 1. The predicted molar refractivity (Wildman–Crippen MR) is 263 cm³/mol. The van der Waals surface area contributed by atoms with E-state index in [2.05, 4.69) is 39.9 Å². The molecule has 68 heavy (non-hydrogen) atoms. The maximum atomic E-state index is 13.9. The number of rotatable bonds is 21. The van der Waals surface area contributed by atoms with Gasteiger partial charge in [-0.25, -0.2) is 4.98 Å². The number of thiazole rings is 1. The molecule has 0 saturated carbocycles. The van der Waals surface area contributed by atoms with Crippen LogP contribution in [0.25, 0.3) is 10.4 Å². The molecule has 5 amide bonds. The number of β-amino-alcohol motifs (C(OH)–C–C–N with tert-alkyl or cyclic N) is 1. The Kier molecular flexibility index (Phi) is 16.7. The first-order valence-electron chi connectivity index (χ1n) is 24.2. The van der Waals surface area contributed by atoms with Gasteiger partial charge in [-0.3, -0.25) is 28.9 Å². The maximum absolute atomic E-state index is 13.9. The molecule has 7 rings (SSSR count). The molecule has 14 nitrogen and oxygen atoms in total. The van der Waals surface area contributed by atoms with Gasteiger partial charge in [-0.1, -0.05) is 75.4 Å². The number of benzene rings is 3. The van der Waals surface area contributed by atoms with Gasteiger partial charge in [-0.2, -0.15) is 0 Å². The molecule has 5 N–H and O–H groups in total. The fraction of sp³-hybridized carbons (Fsp3) is 0.509. The fourth-order valence-corrected chi connectivity index (χ4v) is 10.3. The number of nitrogens with one attached hydrogen (secondary N) is 2. The fourth-order valence-electron chi connectivity index (χ4n) is 9.52. The average Bonchev–Trinajstić information content (AvgIpc) is 4.01. The third-order valence-corrected chi connectivity index (χ3v) is 14.2. The highest BCUT2D eigenvalue weighted by molar-refractivity contribution is 7.13. The number of aromatic nitrogens is 1. The Balaban J connectivity index is 0.879. The minimum atomic E-state index is -0.742. The summed E-state index contributed by atoms with van der Waals surface area (Å²) in [5.74, 6) is -0.494. The first kappa shape index (κ1) is 50.2. The van der Waals surface area contributed by atoms with Gasteiger partial charge in [0.25, 0.3) is 0 Å². The molecule has 3 aliphatic rings. The Hall–Kier alpha value is -5.64. The zero-order chi connectivity index (χ0) is 48.5. The van der Waals surface area contributed by atoms with Crippen molar-refractivity contribution >= 4 is 46.6 Å². The van der Waals surface area contributed by atoms with Crippen LogP contribution in [0.5, 0.6) is 5.75 Å². The van der Waals surface area contributed by atoms with Crippen LogP contribution in [-0.4, -0.2) is 88.0 Å². The molecule has 15 heteroatoms. The summed E-state index contributed by atoms with van der Waals surface area (Å²) in [5, 5.41) is 16.6. The van der Waals surface area contributed by atoms with Gasteiger partial charge in [0, 0.05) is 50.8 Å². The van der Waals surface area contributed by atoms with Crippen LogP contribution in [0.2, 0.25) is 0 Å². The van der Waals surface area contributed by atoms with Crippen molar-refractivity contribution in [3.8, 4) is 16.2 Å². The molecule has 4 heterocycles. The quantitative estimate of drug-likeness (QED) is 0.0645. The molecule has 5 atom stereocenters. The number of carbonyl (C=O) groups is 5. The van der Waals surface area contributed by atoms with Crippen molar-refractivity contribution in [2.45, 2.75) is 155 Å². The largest absolute Gasteiger partial charge is 0.493 e. The highest BCUT2D eigenvalue weighted by atomic mass is 32.1. The van der Waals surface area contributed by atoms with Crippen molar-refractivity contribution in [3.05, 3.63) is 99.7 Å². The third-order valence-electron chi connectivity index (χ3n) is 13.2. The first-order valence-corrected chi connectivity index (χ1v) is 25.0. The van der Waals surface area contributed by atoms with E-state index in [1.165, 1.54) is 10.5 Å². The number of ether oxygens (including phenoxy) is 2. The molecule has 1 aromatic heterocycles. The summed E-state index contributed by atoms with van der Waals surface area (Å²) in [7, 11) is 0. The number of unbranched alkanes of at least 4 members (excludes halogenated alkanes) is 2. The summed E-state index contributed by atoms with van der Waals surface area (Å²) in [4.78, 5) is 74.2. The SMILES string of the molecule is Cc1ncsc1-c1ccc(CNC(=O)[C@@H]2C[C@@H](O)CN2C(=O)CC(C)(C)C)c(OCCCCCc2ccc(CO[C@H](C)[C@H](CCC(N)=O)NC(=O)[C@@H]3Cc4cccc5c4N3C(=O)CCC5)cc2)c1. The highest BCUT2D eigenvalue weighted by Crippen LogP contribution is 2.39. The van der Waals surface area contributed by atoms with Gasteiger partial charge in [-0.05, 0) is 98.1 Å². The number of primary amides is 1. The minimum absolute atomic E-state index is 0.0399. The Morgan fingerprint density at radius 2 is 1.74 bits per heavy atom. The van der Waals surface area contributed by atoms with Gasteiger partial charge in [0.05, 0.1) is 53.2 Å². The third kappa shape index (κ3) is 12.9. The summed E-state index contributed by atoms with van der Waals surface area (Å²) < 4.78 is 12.7. The second-order valence-electron chi connectivity index (χ2n) is 19.9. The lowest BCUT2D eigenvalue weighted by atomic mass is 9.91. The van der Waals surface area contributed by atoms with Crippen molar-refractivity contribution in [2.24, 2.45) is 11.1 Å². The van der Waals surface area contributed by atoms with Crippen LogP contribution < -0.4 is 26.0 Å². The number of nitrogens with two attached hydrogens (primary N) is 1. The van der Waals surface area contributed by atoms with E-state index in [-0.39, 0.29) is 61.4 Å². The number of para-hydroxylation sites is 1. The summed E-state index contributed by atoms with van der Waals surface area (Å²) >= 11 is 1.56. The van der Waals surface area contributed by atoms with Gasteiger partial charge < -0.3 is 35.8 Å². The van der Waals surface area contributed by atoms with Crippen LogP contribution in [-0.2, 0) is 61.1 Å². The van der Waals surface area contributed by atoms with Gasteiger partial charge in [-0.15, -0.1) is 11.3 Å². The number of nitrogens with zero attached hydrogens (tertiary/aromatic N) is 3. The molecule has 4 aromatic rings. The van der Waals surface area contributed by atoms with E-state index in [0.29, 0.717) is 38.2 Å². The predicted octanol–water partition coefficient (Wildman–Crippen LogP) is 6.87. The van der Waals surface area contributed by atoms with Crippen molar-refractivity contribution in [1.29, 1.82) is 0 Å². The molecular formula is C53H68N6O8S. The van der Waals surface area contributed by atoms with E-state index in [1.54, 1.807) is 16.2 Å². The monoisotopic (exact) mass is 948 g/mol. The molecule has 364 valence electrons. The standard InChI is InChI=1S/C53H68N6O8S/c1-33-50(68-32-56-33)39-20-21-40(29-55-51(64)43-27-41(60)30-58(43)48(63)28-53(3,4)5)45(26-39)66-24-8-6-7-11-35-16-18-36(19-17-35)31-67-34(2)42(22-23-46(54)61)57-52(65)44-25-38-14-9-12-37-13-10-15-47(62)59(44)49(37)38/h9,12,14,16-21,26,32,34,41-44,60H,6-8,10-11,13,15,22-25,27-31H2,1-5H3,(H2,54,61)(H,55,64)(H,57,65)/t34-,41-,42+,43+,44+/m1/s1. The number of hydrogen-bond donors (Lipinski definition) is 4. The molecule has 0 bridgehead atoms. The zero-order valence-corrected chi connectivity index (χ0v) is 41.0. The smallest absolute Gasteiger partial charge is 0.243 e. The number of carbonyl (C=O) groups excluding carboxylic acids is 5. The lowest BCUT2D eigenvalue weighted by Gasteiger charge is -2.29. The number of anilines is 1. The van der Waals surface area contributed by atoms with E-state index in [4.69, 9.17) is 15.2 Å². The Morgan fingerprint density at radius 3 is 2.47 bits per heavy atom. The van der Waals surface area contributed by atoms with Gasteiger partial charge in [0.1, 0.15) is 17.8 Å². The van der Waals surface area contributed by atoms with Crippen molar-refractivity contribution < 1.29 is 38.6 Å². The van der Waals surface area contributed by atoms with E-state index in [9.17, 15) is 29.1 Å². The average molecular weight is 949 g/mol. The highest BCUT2D eigenvalue weighted by Gasteiger charge is 2.42. The number of aryl methyl sites for hydroxylation is 3. The van der Waals surface area contributed by atoms with Crippen molar-refractivity contribution in [2.75, 3.05) is 18.1 Å². The van der Waals surface area contributed by atoms with Crippen LogP contribution in [0.1, 0.15) is 119 Å². The summed E-state index contributed by atoms with van der Waals surface area (Å²) in [5.41, 5.74) is 15.0. The van der Waals surface area contributed by atoms with E-state index >= 15 is 0 Å². The zero-order valence-electron chi connectivity index (χ0n) is 40.2. The lowest BCUT2D eigenvalue weighted by molar-refractivity contribution is -0.140. The first-order chi connectivity index (χ1) is 32.5. The molecule has 3 aromatic carbocycles. The second-order valence-corrected chi connectivity index (χ2v) is 20.7. The summed E-state index contributed by atoms with van der Waals surface area (Å²) in [6, 6.07) is 18.5. The molecular weight excluding hydrogens is 881 g/mol. The maximum Gasteiger partial charge on any atom is 0.243 e. The van der Waals surface area contributed by atoms with Crippen LogP contribution in [0.3, 0.4) is 0 Å². The normalized spacial score (nSPS) is 18.7. The Bertz CT molecular complexity index is 2430. The number of aliphatic hydroxyl groups is 1. The van der Waals surface area contributed by atoms with Crippen LogP contribution in [0.15, 0.2) is 66.2 Å². The summed E-state index contributed by atoms with van der Waals surface area (Å²) in [6.07, 6.45) is 5.78. The minimum Gasteiger partial charge on any atom is -0.493 e.